The second kappa shape index (κ2) is 5.76. The average molecular weight is 299 g/mol. The number of hydrogen-bond donors (Lipinski definition) is 2. The Balaban J connectivity index is 2.13. The highest BCUT2D eigenvalue weighted by Gasteiger charge is 2.19. The predicted octanol–water partition coefficient (Wildman–Crippen LogP) is 2.90. The van der Waals surface area contributed by atoms with E-state index in [2.05, 4.69) is 33.4 Å². The minimum atomic E-state index is -0.206. The van der Waals surface area contributed by atoms with Gasteiger partial charge in [0.05, 0.1) is 0 Å². The maximum Gasteiger partial charge on any atom is 0.128 e. The van der Waals surface area contributed by atoms with Crippen molar-refractivity contribution < 1.29 is 4.39 Å². The van der Waals surface area contributed by atoms with Crippen LogP contribution in [0.15, 0.2) is 34.8 Å². The van der Waals surface area contributed by atoms with Gasteiger partial charge in [-0.15, -0.1) is 0 Å². The number of benzene rings is 1. The summed E-state index contributed by atoms with van der Waals surface area (Å²) in [6.45, 7) is 0.393. The van der Waals surface area contributed by atoms with E-state index in [-0.39, 0.29) is 11.9 Å². The average Bonchev–Trinajstić information content (AvgIpc) is 2.82. The van der Waals surface area contributed by atoms with Crippen LogP contribution in [0.25, 0.3) is 0 Å². The molecule has 92 valence electrons. The van der Waals surface area contributed by atoms with Crippen LogP contribution >= 0.6 is 15.9 Å². The Morgan fingerprint density at radius 2 is 2.12 bits per heavy atom. The maximum atomic E-state index is 13.7. The van der Waals surface area contributed by atoms with E-state index >= 15 is 0 Å². The Hall–Kier alpha value is -0.710. The summed E-state index contributed by atoms with van der Waals surface area (Å²) in [5.41, 5.74) is 6.37. The fourth-order valence-electron chi connectivity index (χ4n) is 2.10. The van der Waals surface area contributed by atoms with Crippen molar-refractivity contribution in [2.24, 2.45) is 5.73 Å². The molecule has 4 heteroatoms. The van der Waals surface area contributed by atoms with Crippen LogP contribution in [0.1, 0.15) is 24.4 Å². The van der Waals surface area contributed by atoms with E-state index in [1.807, 2.05) is 0 Å². The van der Waals surface area contributed by atoms with Gasteiger partial charge in [-0.1, -0.05) is 28.1 Å². The normalized spacial score (nSPS) is 17.6. The van der Waals surface area contributed by atoms with Gasteiger partial charge in [-0.05, 0) is 31.0 Å². The van der Waals surface area contributed by atoms with Gasteiger partial charge in [-0.2, -0.15) is 0 Å². The molecule has 0 amide bonds. The van der Waals surface area contributed by atoms with Crippen LogP contribution in [0.5, 0.6) is 0 Å². The summed E-state index contributed by atoms with van der Waals surface area (Å²) >= 11 is 3.36. The molecule has 17 heavy (non-hydrogen) atoms. The van der Waals surface area contributed by atoms with Crippen LogP contribution in [0.4, 0.5) is 4.39 Å². The summed E-state index contributed by atoms with van der Waals surface area (Å²) in [6, 6.07) is 5.21. The molecule has 1 aromatic rings. The maximum absolute atomic E-state index is 13.7. The summed E-state index contributed by atoms with van der Waals surface area (Å²) in [7, 11) is 0. The van der Waals surface area contributed by atoms with Crippen molar-refractivity contribution in [3.8, 4) is 0 Å². The highest BCUT2D eigenvalue weighted by Crippen LogP contribution is 2.23. The Morgan fingerprint density at radius 3 is 2.76 bits per heavy atom. The molecule has 0 heterocycles. The molecular weight excluding hydrogens is 283 g/mol. The first-order valence-electron chi connectivity index (χ1n) is 5.76. The van der Waals surface area contributed by atoms with E-state index < -0.39 is 0 Å². The van der Waals surface area contributed by atoms with E-state index in [0.717, 1.165) is 17.3 Å². The minimum absolute atomic E-state index is 0.127. The lowest BCUT2D eigenvalue weighted by Crippen LogP contribution is -2.35. The summed E-state index contributed by atoms with van der Waals surface area (Å²) in [4.78, 5) is 0. The Bertz CT molecular complexity index is 412. The third-order valence-electron chi connectivity index (χ3n) is 3.01. The number of nitrogens with one attached hydrogen (secondary N) is 1. The van der Waals surface area contributed by atoms with Crippen molar-refractivity contribution in [2.45, 2.75) is 24.9 Å². The van der Waals surface area contributed by atoms with Gasteiger partial charge in [-0.3, -0.25) is 0 Å². The fourth-order valence-corrected chi connectivity index (χ4v) is 2.48. The van der Waals surface area contributed by atoms with Gasteiger partial charge in [0, 0.05) is 28.7 Å². The van der Waals surface area contributed by atoms with E-state index in [0.29, 0.717) is 18.2 Å². The minimum Gasteiger partial charge on any atom is -0.329 e. The van der Waals surface area contributed by atoms with Crippen LogP contribution in [0.3, 0.4) is 0 Å². The van der Waals surface area contributed by atoms with E-state index in [1.165, 1.54) is 6.07 Å². The molecule has 1 atom stereocenters. The summed E-state index contributed by atoms with van der Waals surface area (Å²) < 4.78 is 14.6. The van der Waals surface area contributed by atoms with Crippen LogP contribution in [-0.4, -0.2) is 12.6 Å². The lowest BCUT2D eigenvalue weighted by atomic mass is 10.0. The topological polar surface area (TPSA) is 38.0 Å². The van der Waals surface area contributed by atoms with Crippen molar-refractivity contribution >= 4 is 15.9 Å². The summed E-state index contributed by atoms with van der Waals surface area (Å²) in [6.07, 6.45) is 6.27. The third kappa shape index (κ3) is 3.15. The highest BCUT2D eigenvalue weighted by molar-refractivity contribution is 9.10. The quantitative estimate of drug-likeness (QED) is 0.839. The molecule has 1 aliphatic rings. The SMILES string of the molecule is NCC(NC1CC=CC1)c1cc(Br)ccc1F. The van der Waals surface area contributed by atoms with Crippen molar-refractivity contribution in [1.29, 1.82) is 0 Å². The first-order valence-corrected chi connectivity index (χ1v) is 6.56. The third-order valence-corrected chi connectivity index (χ3v) is 3.51. The monoisotopic (exact) mass is 298 g/mol. The summed E-state index contributed by atoms with van der Waals surface area (Å²) in [5.74, 6) is -0.206. The molecule has 0 saturated carbocycles. The molecule has 2 nitrogen and oxygen atoms in total. The van der Waals surface area contributed by atoms with Crippen molar-refractivity contribution in [1.82, 2.24) is 5.32 Å². The molecule has 0 spiro atoms. The van der Waals surface area contributed by atoms with Gasteiger partial charge in [0.2, 0.25) is 0 Å². The van der Waals surface area contributed by atoms with Crippen LogP contribution in [0, 0.1) is 5.82 Å². The number of hydrogen-bond acceptors (Lipinski definition) is 2. The Morgan fingerprint density at radius 1 is 1.41 bits per heavy atom. The van der Waals surface area contributed by atoms with E-state index in [4.69, 9.17) is 5.73 Å². The van der Waals surface area contributed by atoms with Gasteiger partial charge in [0.1, 0.15) is 5.82 Å². The van der Waals surface area contributed by atoms with Gasteiger partial charge in [-0.25, -0.2) is 4.39 Å². The lowest BCUT2D eigenvalue weighted by molar-refractivity contribution is 0.438. The standard InChI is InChI=1S/C13H16BrFN2/c14-9-5-6-12(15)11(7-9)13(8-16)17-10-3-1-2-4-10/h1-2,5-7,10,13,17H,3-4,8,16H2. The molecule has 0 bridgehead atoms. The Kier molecular flexibility index (Phi) is 4.31. The summed E-state index contributed by atoms with van der Waals surface area (Å²) in [5, 5.41) is 3.40. The van der Waals surface area contributed by atoms with Crippen molar-refractivity contribution in [3.63, 3.8) is 0 Å². The zero-order valence-corrected chi connectivity index (χ0v) is 11.1. The zero-order chi connectivity index (χ0) is 12.3. The zero-order valence-electron chi connectivity index (χ0n) is 9.50. The molecule has 0 aliphatic heterocycles. The lowest BCUT2D eigenvalue weighted by Gasteiger charge is -2.22. The molecule has 3 N–H and O–H groups in total. The fraction of sp³-hybridized carbons (Fsp3) is 0.385. The molecule has 0 saturated heterocycles. The van der Waals surface area contributed by atoms with E-state index in [1.54, 1.807) is 12.1 Å². The van der Waals surface area contributed by atoms with E-state index in [9.17, 15) is 4.39 Å². The number of rotatable bonds is 4. The number of nitrogens with two attached hydrogens (primary N) is 1. The van der Waals surface area contributed by atoms with Crippen molar-refractivity contribution in [2.75, 3.05) is 6.54 Å². The molecule has 0 radical (unpaired) electrons. The number of halogens is 2. The van der Waals surface area contributed by atoms with Crippen LogP contribution < -0.4 is 11.1 Å². The van der Waals surface area contributed by atoms with Crippen LogP contribution in [0.2, 0.25) is 0 Å². The second-order valence-corrected chi connectivity index (χ2v) is 5.18. The molecular formula is C13H16BrFN2. The van der Waals surface area contributed by atoms with Crippen LogP contribution in [-0.2, 0) is 0 Å². The molecule has 1 aromatic carbocycles. The molecule has 0 aromatic heterocycles. The highest BCUT2D eigenvalue weighted by atomic mass is 79.9. The second-order valence-electron chi connectivity index (χ2n) is 4.26. The molecule has 1 unspecified atom stereocenters. The molecule has 1 aliphatic carbocycles. The first kappa shape index (κ1) is 12.7. The largest absolute Gasteiger partial charge is 0.329 e. The van der Waals surface area contributed by atoms with Gasteiger partial charge in [0.15, 0.2) is 0 Å². The predicted molar refractivity (Wildman–Crippen MR) is 71.2 cm³/mol. The van der Waals surface area contributed by atoms with Gasteiger partial charge >= 0.3 is 0 Å². The molecule has 0 fully saturated rings. The van der Waals surface area contributed by atoms with Gasteiger partial charge in [0.25, 0.3) is 0 Å². The first-order chi connectivity index (χ1) is 8.20. The van der Waals surface area contributed by atoms with Gasteiger partial charge < -0.3 is 11.1 Å². The van der Waals surface area contributed by atoms with Crippen molar-refractivity contribution in [3.05, 3.63) is 46.2 Å². The molecule has 2 rings (SSSR count). The smallest absolute Gasteiger partial charge is 0.128 e. The Labute approximate surface area is 109 Å².